The van der Waals surface area contributed by atoms with Gasteiger partial charge < -0.3 is 34.7 Å². The normalized spacial score (nSPS) is 17.0. The zero-order valence-corrected chi connectivity index (χ0v) is 36.1. The van der Waals surface area contributed by atoms with Crippen LogP contribution in [0.3, 0.4) is 0 Å². The average Bonchev–Trinajstić information content (AvgIpc) is 4.00. The Morgan fingerprint density at radius 1 is 0.862 bits per heavy atom. The van der Waals surface area contributed by atoms with Gasteiger partial charge in [0.05, 0.1) is 49.2 Å². The van der Waals surface area contributed by atoms with E-state index in [9.17, 15) is 14.4 Å². The van der Waals surface area contributed by atoms with Crippen molar-refractivity contribution < 1.29 is 28.9 Å². The lowest BCUT2D eigenvalue weighted by atomic mass is 10.0. The van der Waals surface area contributed by atoms with Crippen molar-refractivity contribution in [3.63, 3.8) is 0 Å². The number of nitrogens with zero attached hydrogens (tertiary/aromatic N) is 5. The number of nitrogens with one attached hydrogen (secondary N) is 3. The van der Waals surface area contributed by atoms with Gasteiger partial charge in [0.1, 0.15) is 23.7 Å². The molecule has 2 aromatic carbocycles. The van der Waals surface area contributed by atoms with Crippen molar-refractivity contribution in [2.24, 2.45) is 16.8 Å². The van der Waals surface area contributed by atoms with E-state index in [0.717, 1.165) is 64.9 Å². The van der Waals surface area contributed by atoms with Crippen LogP contribution in [0, 0.1) is 23.7 Å². The minimum atomic E-state index is -0.688. The number of aromatic nitrogens is 4. The topological polar surface area (TPSA) is 167 Å². The largest absolute Gasteiger partial charge is 0.453 e. The summed E-state index contributed by atoms with van der Waals surface area (Å²) in [6.07, 6.45) is 5.65. The molecule has 0 spiro atoms. The monoisotopic (exact) mass is 854 g/mol. The summed E-state index contributed by atoms with van der Waals surface area (Å²) < 4.78 is 4.75. The van der Waals surface area contributed by atoms with E-state index >= 15 is 0 Å². The number of benzene rings is 2. The van der Waals surface area contributed by atoms with Gasteiger partial charge in [-0.05, 0) is 73.4 Å². The molecule has 0 bridgehead atoms. The van der Waals surface area contributed by atoms with E-state index < -0.39 is 18.2 Å². The minimum Gasteiger partial charge on any atom is -0.453 e. The maximum absolute atomic E-state index is 13.5. The van der Waals surface area contributed by atoms with E-state index in [2.05, 4.69) is 42.0 Å². The minimum absolute atomic E-state index is 0. The van der Waals surface area contributed by atoms with E-state index in [1.807, 2.05) is 75.1 Å². The lowest BCUT2D eigenvalue weighted by Crippen LogP contribution is -2.51. The third-order valence-electron chi connectivity index (χ3n) is 9.98. The molecule has 58 heavy (non-hydrogen) atoms. The number of imidazole rings is 2. The number of likely N-dealkylation sites (tertiary alicyclic amines) is 2. The number of carbonyl (C=O) groups excluding carboxylic acids is 3. The molecular weight excluding hydrogens is 797 g/mol. The van der Waals surface area contributed by atoms with Crippen LogP contribution in [0.4, 0.5) is 4.79 Å². The molecule has 4 heterocycles. The summed E-state index contributed by atoms with van der Waals surface area (Å²) in [6, 6.07) is 12.1. The van der Waals surface area contributed by atoms with Crippen molar-refractivity contribution in [1.29, 1.82) is 0 Å². The number of aromatic amines is 2. The molecule has 2 fully saturated rings. The standard InChI is InChI=1S/C40H48N8O6.CH4.3H2S/c1-24(2)34(42-23-54-53-6)38(49)48-20-8-10-33(48)37-43-29-18-15-27(21-30(29)44-37)12-11-26-13-16-28(17-14-26)31-22-41-36(45-31)32-9-7-19-47(32)39(50)35(25(3)4)46-40(51)52-5;;;;/h13-18,21-25,32-35H,7-10,19-20H2,1-6H3,(H,41,45)(H,43,44)(H,46,51);1H4;3*1H2/t32-,33-,34+,35-;;;;/m0..../s1. The molecule has 4 atom stereocenters. The summed E-state index contributed by atoms with van der Waals surface area (Å²) in [5.41, 5.74) is 5.15. The van der Waals surface area contributed by atoms with Gasteiger partial charge >= 0.3 is 6.09 Å². The van der Waals surface area contributed by atoms with Gasteiger partial charge in [-0.2, -0.15) is 45.4 Å². The molecule has 4 aromatic rings. The quantitative estimate of drug-likeness (QED) is 0.0495. The molecule has 3 amide bonds. The number of ether oxygens (including phenoxy) is 1. The highest BCUT2D eigenvalue weighted by molar-refractivity contribution is 7.59. The number of methoxy groups -OCH3 is 1. The van der Waals surface area contributed by atoms with Crippen LogP contribution in [0.1, 0.15) is 95.7 Å². The van der Waals surface area contributed by atoms with Crippen molar-refractivity contribution in [3.8, 4) is 23.1 Å². The molecule has 316 valence electrons. The first-order chi connectivity index (χ1) is 26.1. The number of carbonyl (C=O) groups is 3. The molecule has 2 saturated heterocycles. The number of aliphatic imine (C=N–C) groups is 1. The molecule has 0 radical (unpaired) electrons. The van der Waals surface area contributed by atoms with E-state index in [1.165, 1.54) is 20.6 Å². The summed E-state index contributed by atoms with van der Waals surface area (Å²) in [5.74, 6) is 7.66. The Labute approximate surface area is 361 Å². The van der Waals surface area contributed by atoms with Gasteiger partial charge in [0.2, 0.25) is 18.2 Å². The lowest BCUT2D eigenvalue weighted by molar-refractivity contribution is -0.188. The smallest absolute Gasteiger partial charge is 0.407 e. The van der Waals surface area contributed by atoms with Crippen molar-refractivity contribution >= 4 is 75.8 Å². The number of H-pyrrole nitrogens is 2. The van der Waals surface area contributed by atoms with Crippen LogP contribution in [0.5, 0.6) is 0 Å². The predicted octanol–water partition coefficient (Wildman–Crippen LogP) is 6.67. The van der Waals surface area contributed by atoms with Crippen molar-refractivity contribution in [1.82, 2.24) is 35.1 Å². The summed E-state index contributed by atoms with van der Waals surface area (Å²) in [7, 11) is 2.68. The second-order valence-corrected chi connectivity index (χ2v) is 14.3. The van der Waals surface area contributed by atoms with E-state index in [0.29, 0.717) is 18.9 Å². The van der Waals surface area contributed by atoms with Gasteiger partial charge in [0, 0.05) is 24.2 Å². The van der Waals surface area contributed by atoms with Crippen LogP contribution in [0.15, 0.2) is 53.7 Å². The molecule has 2 aromatic heterocycles. The fourth-order valence-corrected chi connectivity index (χ4v) is 7.13. The molecular formula is C41H58N8O6S3. The van der Waals surface area contributed by atoms with Gasteiger partial charge in [-0.1, -0.05) is 59.1 Å². The number of hydrogen-bond donors (Lipinski definition) is 3. The fraction of sp³-hybridized carbons (Fsp3) is 0.463. The third kappa shape index (κ3) is 11.3. The number of fused-ring (bicyclic) bond motifs is 1. The summed E-state index contributed by atoms with van der Waals surface area (Å²) in [6.45, 7) is 8.94. The number of amides is 3. The van der Waals surface area contributed by atoms with Crippen LogP contribution in [-0.4, -0.2) is 93.4 Å². The first-order valence-corrected chi connectivity index (χ1v) is 18.4. The van der Waals surface area contributed by atoms with Crippen LogP contribution in [-0.2, 0) is 24.1 Å². The number of hydrogen-bond acceptors (Lipinski definition) is 9. The van der Waals surface area contributed by atoms with Crippen molar-refractivity contribution in [2.75, 3.05) is 27.3 Å². The summed E-state index contributed by atoms with van der Waals surface area (Å²) in [4.78, 5) is 72.7. The maximum Gasteiger partial charge on any atom is 0.407 e. The van der Waals surface area contributed by atoms with Gasteiger partial charge in [-0.15, -0.1) is 0 Å². The average molecular weight is 855 g/mol. The van der Waals surface area contributed by atoms with Crippen LogP contribution in [0.25, 0.3) is 22.3 Å². The summed E-state index contributed by atoms with van der Waals surface area (Å²) in [5, 5.41) is 2.69. The predicted molar refractivity (Wildman–Crippen MR) is 241 cm³/mol. The second kappa shape index (κ2) is 22.5. The Kier molecular flexibility index (Phi) is 19.2. The van der Waals surface area contributed by atoms with Crippen molar-refractivity contribution in [3.05, 3.63) is 71.4 Å². The molecule has 2 aliphatic heterocycles. The molecule has 0 unspecified atom stereocenters. The Bertz CT molecular complexity index is 2060. The van der Waals surface area contributed by atoms with E-state index in [1.54, 1.807) is 11.1 Å². The maximum atomic E-state index is 13.5. The van der Waals surface area contributed by atoms with Gasteiger partial charge in [-0.25, -0.2) is 19.8 Å². The lowest BCUT2D eigenvalue weighted by Gasteiger charge is -2.30. The zero-order chi connectivity index (χ0) is 38.4. The Balaban J connectivity index is 0.00000290. The van der Waals surface area contributed by atoms with E-state index in [4.69, 9.17) is 14.6 Å². The molecule has 2 aliphatic rings. The zero-order valence-electron chi connectivity index (χ0n) is 33.1. The molecule has 3 N–H and O–H groups in total. The Hall–Kier alpha value is -4.63. The molecule has 17 heteroatoms. The second-order valence-electron chi connectivity index (χ2n) is 14.3. The number of rotatable bonds is 11. The van der Waals surface area contributed by atoms with Gasteiger partial charge in [0.25, 0.3) is 0 Å². The molecule has 0 aliphatic carbocycles. The van der Waals surface area contributed by atoms with Gasteiger partial charge in [-0.3, -0.25) is 9.59 Å². The molecule has 14 nitrogen and oxygen atoms in total. The molecule has 0 saturated carbocycles. The SMILES string of the molecule is C.COOC=N[C@@H](C(=O)N1CCC[C@H]1c1nc2ccc(C#Cc3ccc(-c4cnc([C@@H]5CCCN5C(=O)[C@@H](NC(=O)OC)C(C)C)[nH]4)cc3)cc2[nH]1)C(C)C.S.S.S. The molecule has 6 rings (SSSR count). The van der Waals surface area contributed by atoms with E-state index in [-0.39, 0.29) is 83.6 Å². The fourth-order valence-electron chi connectivity index (χ4n) is 7.13. The Morgan fingerprint density at radius 2 is 1.48 bits per heavy atom. The van der Waals surface area contributed by atoms with Crippen LogP contribution in [0.2, 0.25) is 0 Å². The van der Waals surface area contributed by atoms with Crippen LogP contribution < -0.4 is 5.32 Å². The first kappa shape index (κ1) is 49.5. The van der Waals surface area contributed by atoms with Gasteiger partial charge in [0.15, 0.2) is 0 Å². The highest BCUT2D eigenvalue weighted by Gasteiger charge is 2.38. The van der Waals surface area contributed by atoms with Crippen LogP contribution >= 0.6 is 40.5 Å². The highest BCUT2D eigenvalue weighted by Crippen LogP contribution is 2.34. The number of alkyl carbamates (subject to hydrolysis) is 1. The van der Waals surface area contributed by atoms with Crippen molar-refractivity contribution in [2.45, 2.75) is 85.0 Å². The first-order valence-electron chi connectivity index (χ1n) is 18.4. The third-order valence-corrected chi connectivity index (χ3v) is 9.98. The summed E-state index contributed by atoms with van der Waals surface area (Å²) >= 11 is 0. The highest BCUT2D eigenvalue weighted by atomic mass is 32.1. The Morgan fingerprint density at radius 3 is 2.10 bits per heavy atom.